The summed E-state index contributed by atoms with van der Waals surface area (Å²) in [5.41, 5.74) is 7.45. The highest BCUT2D eigenvalue weighted by Crippen LogP contribution is 2.21. The third-order valence-electron chi connectivity index (χ3n) is 3.20. The summed E-state index contributed by atoms with van der Waals surface area (Å²) in [5, 5.41) is 0. The van der Waals surface area contributed by atoms with Crippen LogP contribution in [-0.4, -0.2) is 25.0 Å². The smallest absolute Gasteiger partial charge is 0.126 e. The van der Waals surface area contributed by atoms with Crippen LogP contribution in [0.3, 0.4) is 0 Å². The summed E-state index contributed by atoms with van der Waals surface area (Å²) in [6.45, 7) is 5.45. The predicted molar refractivity (Wildman–Crippen MR) is 70.5 cm³/mol. The molecule has 2 nitrogen and oxygen atoms in total. The molecule has 1 unspecified atom stereocenters. The van der Waals surface area contributed by atoms with E-state index in [1.807, 2.05) is 19.2 Å². The summed E-state index contributed by atoms with van der Waals surface area (Å²) >= 11 is 0. The van der Waals surface area contributed by atoms with Crippen molar-refractivity contribution in [3.05, 3.63) is 35.1 Å². The molecule has 0 radical (unpaired) electrons. The molecule has 0 spiro atoms. The molecule has 1 rings (SSSR count). The third-order valence-corrected chi connectivity index (χ3v) is 3.20. The minimum Gasteiger partial charge on any atom is -0.329 e. The average Bonchev–Trinajstić information content (AvgIpc) is 2.32. The van der Waals surface area contributed by atoms with Crippen LogP contribution in [0.25, 0.3) is 0 Å². The minimum absolute atomic E-state index is 0.108. The Labute approximate surface area is 104 Å². The molecule has 0 aliphatic carbocycles. The van der Waals surface area contributed by atoms with E-state index < -0.39 is 0 Å². The maximum absolute atomic E-state index is 13.5. The van der Waals surface area contributed by atoms with Gasteiger partial charge in [-0.15, -0.1) is 0 Å². The summed E-state index contributed by atoms with van der Waals surface area (Å²) in [4.78, 5) is 2.20. The molecule has 0 saturated heterocycles. The van der Waals surface area contributed by atoms with E-state index in [2.05, 4.69) is 11.8 Å². The first-order valence-electron chi connectivity index (χ1n) is 6.26. The molecular weight excluding hydrogens is 215 g/mol. The van der Waals surface area contributed by atoms with Crippen molar-refractivity contribution in [2.75, 3.05) is 20.1 Å². The van der Waals surface area contributed by atoms with E-state index in [1.54, 1.807) is 13.0 Å². The highest BCUT2D eigenvalue weighted by atomic mass is 19.1. The van der Waals surface area contributed by atoms with E-state index in [0.29, 0.717) is 12.1 Å². The van der Waals surface area contributed by atoms with Gasteiger partial charge in [-0.2, -0.15) is 0 Å². The quantitative estimate of drug-likeness (QED) is 0.825. The van der Waals surface area contributed by atoms with Crippen LogP contribution in [0, 0.1) is 12.7 Å². The zero-order chi connectivity index (χ0) is 12.8. The van der Waals surface area contributed by atoms with Crippen LogP contribution >= 0.6 is 0 Å². The SMILES string of the molecule is CCCCN(C)C(CN)c1ccc(C)c(F)c1. The molecule has 1 aromatic rings. The number of benzene rings is 1. The van der Waals surface area contributed by atoms with Crippen LogP contribution in [0.4, 0.5) is 4.39 Å². The van der Waals surface area contributed by atoms with Crippen molar-refractivity contribution in [3.8, 4) is 0 Å². The summed E-state index contributed by atoms with van der Waals surface area (Å²) in [6.07, 6.45) is 2.30. The number of aryl methyl sites for hydroxylation is 1. The van der Waals surface area contributed by atoms with Gasteiger partial charge in [-0.25, -0.2) is 4.39 Å². The molecule has 0 bridgehead atoms. The van der Waals surface area contributed by atoms with E-state index in [9.17, 15) is 4.39 Å². The van der Waals surface area contributed by atoms with Gasteiger partial charge in [-0.1, -0.05) is 25.5 Å². The van der Waals surface area contributed by atoms with Crippen molar-refractivity contribution in [1.29, 1.82) is 0 Å². The van der Waals surface area contributed by atoms with Gasteiger partial charge in [0.15, 0.2) is 0 Å². The van der Waals surface area contributed by atoms with E-state index in [-0.39, 0.29) is 11.9 Å². The predicted octanol–water partition coefficient (Wildman–Crippen LogP) is 2.87. The maximum Gasteiger partial charge on any atom is 0.126 e. The standard InChI is InChI=1S/C14H23FN2/c1-4-5-8-17(3)14(10-16)12-7-6-11(2)13(15)9-12/h6-7,9,14H,4-5,8,10,16H2,1-3H3. The molecule has 1 aromatic carbocycles. The van der Waals surface area contributed by atoms with Gasteiger partial charge in [-0.05, 0) is 44.1 Å². The zero-order valence-corrected chi connectivity index (χ0v) is 11.0. The number of nitrogens with zero attached hydrogens (tertiary/aromatic N) is 1. The Morgan fingerprint density at radius 2 is 2.12 bits per heavy atom. The van der Waals surface area contributed by atoms with Gasteiger partial charge in [0.05, 0.1) is 0 Å². The highest BCUT2D eigenvalue weighted by molar-refractivity contribution is 5.26. The average molecular weight is 238 g/mol. The van der Waals surface area contributed by atoms with Crippen molar-refractivity contribution in [3.63, 3.8) is 0 Å². The Kier molecular flexibility index (Phi) is 5.59. The first-order chi connectivity index (χ1) is 8.10. The van der Waals surface area contributed by atoms with Crippen molar-refractivity contribution in [2.24, 2.45) is 5.73 Å². The van der Waals surface area contributed by atoms with Gasteiger partial charge in [0.1, 0.15) is 5.82 Å². The molecule has 0 saturated carbocycles. The van der Waals surface area contributed by atoms with Crippen LogP contribution in [0.2, 0.25) is 0 Å². The molecule has 0 aromatic heterocycles. The Morgan fingerprint density at radius 3 is 2.65 bits per heavy atom. The van der Waals surface area contributed by atoms with Crippen molar-refractivity contribution >= 4 is 0 Å². The molecule has 0 fully saturated rings. The first kappa shape index (κ1) is 14.1. The van der Waals surface area contributed by atoms with Gasteiger partial charge in [0, 0.05) is 12.6 Å². The van der Waals surface area contributed by atoms with Gasteiger partial charge >= 0.3 is 0 Å². The molecule has 1 atom stereocenters. The second-order valence-electron chi connectivity index (χ2n) is 4.59. The van der Waals surface area contributed by atoms with Crippen molar-refractivity contribution < 1.29 is 4.39 Å². The lowest BCUT2D eigenvalue weighted by Crippen LogP contribution is -2.31. The third kappa shape index (κ3) is 3.79. The fourth-order valence-electron chi connectivity index (χ4n) is 1.95. The number of hydrogen-bond donors (Lipinski definition) is 1. The van der Waals surface area contributed by atoms with E-state index in [0.717, 1.165) is 24.9 Å². The highest BCUT2D eigenvalue weighted by Gasteiger charge is 2.15. The number of halogens is 1. The minimum atomic E-state index is -0.148. The topological polar surface area (TPSA) is 29.3 Å². The van der Waals surface area contributed by atoms with Gasteiger partial charge in [0.25, 0.3) is 0 Å². The molecule has 96 valence electrons. The molecule has 3 heteroatoms. The van der Waals surface area contributed by atoms with Gasteiger partial charge in [0.2, 0.25) is 0 Å². The second-order valence-corrected chi connectivity index (χ2v) is 4.59. The number of nitrogens with two attached hydrogens (primary N) is 1. The lowest BCUT2D eigenvalue weighted by atomic mass is 10.0. The summed E-state index contributed by atoms with van der Waals surface area (Å²) in [7, 11) is 2.05. The molecule has 17 heavy (non-hydrogen) atoms. The van der Waals surface area contributed by atoms with Crippen LogP contribution in [-0.2, 0) is 0 Å². The van der Waals surface area contributed by atoms with E-state index in [4.69, 9.17) is 5.73 Å². The number of unbranched alkanes of at least 4 members (excludes halogenated alkanes) is 1. The number of rotatable bonds is 6. The van der Waals surface area contributed by atoms with E-state index in [1.165, 1.54) is 0 Å². The van der Waals surface area contributed by atoms with Crippen molar-refractivity contribution in [1.82, 2.24) is 4.90 Å². The fourth-order valence-corrected chi connectivity index (χ4v) is 1.95. The molecule has 0 aliphatic heterocycles. The Morgan fingerprint density at radius 1 is 1.41 bits per heavy atom. The normalized spacial score (nSPS) is 13.1. The Hall–Kier alpha value is -0.930. The fraction of sp³-hybridized carbons (Fsp3) is 0.571. The zero-order valence-electron chi connectivity index (χ0n) is 11.0. The number of hydrogen-bond acceptors (Lipinski definition) is 2. The molecule has 0 heterocycles. The van der Waals surface area contributed by atoms with Crippen LogP contribution < -0.4 is 5.73 Å². The Bertz CT molecular complexity index is 352. The van der Waals surface area contributed by atoms with Crippen LogP contribution in [0.15, 0.2) is 18.2 Å². The summed E-state index contributed by atoms with van der Waals surface area (Å²) in [6, 6.07) is 5.51. The maximum atomic E-state index is 13.5. The molecular formula is C14H23FN2. The van der Waals surface area contributed by atoms with Crippen LogP contribution in [0.1, 0.15) is 36.9 Å². The summed E-state index contributed by atoms with van der Waals surface area (Å²) < 4.78 is 13.5. The second kappa shape index (κ2) is 6.72. The monoisotopic (exact) mass is 238 g/mol. The summed E-state index contributed by atoms with van der Waals surface area (Å²) in [5.74, 6) is -0.148. The first-order valence-corrected chi connectivity index (χ1v) is 6.26. The van der Waals surface area contributed by atoms with Gasteiger partial charge < -0.3 is 5.73 Å². The van der Waals surface area contributed by atoms with E-state index >= 15 is 0 Å². The lowest BCUT2D eigenvalue weighted by molar-refractivity contribution is 0.246. The number of likely N-dealkylation sites (N-methyl/N-ethyl adjacent to an activating group) is 1. The molecule has 0 aliphatic rings. The largest absolute Gasteiger partial charge is 0.329 e. The molecule has 2 N–H and O–H groups in total. The lowest BCUT2D eigenvalue weighted by Gasteiger charge is -2.27. The van der Waals surface area contributed by atoms with Crippen LogP contribution in [0.5, 0.6) is 0 Å². The molecule has 0 amide bonds. The Balaban J connectivity index is 2.81. The van der Waals surface area contributed by atoms with Crippen molar-refractivity contribution in [2.45, 2.75) is 32.7 Å². The van der Waals surface area contributed by atoms with Gasteiger partial charge in [-0.3, -0.25) is 4.90 Å².